The van der Waals surface area contributed by atoms with E-state index in [0.717, 1.165) is 5.56 Å². The molecule has 1 aromatic heterocycles. The minimum Gasteiger partial charge on any atom is -0.324 e. The maximum absolute atomic E-state index is 13.4. The number of aryl methyl sites for hydroxylation is 1. The predicted molar refractivity (Wildman–Crippen MR) is 121 cm³/mol. The van der Waals surface area contributed by atoms with E-state index in [0.29, 0.717) is 17.2 Å². The Hall–Kier alpha value is -4.47. The van der Waals surface area contributed by atoms with E-state index in [9.17, 15) is 18.4 Å². The van der Waals surface area contributed by atoms with Crippen LogP contribution in [0.4, 0.5) is 20.2 Å². The van der Waals surface area contributed by atoms with Gasteiger partial charge in [-0.15, -0.1) is 5.10 Å². The van der Waals surface area contributed by atoms with E-state index in [-0.39, 0.29) is 17.8 Å². The van der Waals surface area contributed by atoms with Crippen molar-refractivity contribution in [3.63, 3.8) is 0 Å². The van der Waals surface area contributed by atoms with Crippen LogP contribution in [-0.4, -0.2) is 32.0 Å². The van der Waals surface area contributed by atoms with Crippen molar-refractivity contribution >= 4 is 23.2 Å². The highest BCUT2D eigenvalue weighted by molar-refractivity contribution is 6.05. The molecule has 4 aromatic rings. The summed E-state index contributed by atoms with van der Waals surface area (Å²) in [5.74, 6) is -1.28. The predicted octanol–water partition coefficient (Wildman–Crippen LogP) is 3.93. The number of benzene rings is 3. The van der Waals surface area contributed by atoms with Crippen molar-refractivity contribution in [3.8, 4) is 0 Å². The highest BCUT2D eigenvalue weighted by atomic mass is 19.1. The topological polar surface area (TPSA) is 102 Å². The molecule has 0 bridgehead atoms. The minimum absolute atomic E-state index is 0.220. The van der Waals surface area contributed by atoms with Gasteiger partial charge < -0.3 is 10.6 Å². The molecule has 2 amide bonds. The molecule has 1 heterocycles. The molecule has 0 aliphatic rings. The van der Waals surface area contributed by atoms with Gasteiger partial charge in [0.2, 0.25) is 5.91 Å². The molecule has 0 aliphatic heterocycles. The molecule has 2 N–H and O–H groups in total. The summed E-state index contributed by atoms with van der Waals surface area (Å²) in [6.45, 7) is 1.67. The largest absolute Gasteiger partial charge is 0.324 e. The van der Waals surface area contributed by atoms with E-state index in [2.05, 4.69) is 26.2 Å². The summed E-state index contributed by atoms with van der Waals surface area (Å²) in [6, 6.07) is 16.9. The van der Waals surface area contributed by atoms with E-state index < -0.39 is 23.7 Å². The molecule has 0 saturated carbocycles. The molecule has 0 spiro atoms. The SMILES string of the molecule is Cc1nnnn1C(Cc1ccc(F)cc1)C(=O)Nc1cccc(C(=O)Nc2cccc(F)c2)c1. The molecule has 8 nitrogen and oxygen atoms in total. The van der Waals surface area contributed by atoms with Crippen LogP contribution in [0.25, 0.3) is 0 Å². The Bertz CT molecular complexity index is 1320. The number of tetrazole rings is 1. The number of halogens is 2. The monoisotopic (exact) mass is 462 g/mol. The number of anilines is 2. The van der Waals surface area contributed by atoms with E-state index >= 15 is 0 Å². The van der Waals surface area contributed by atoms with Crippen molar-refractivity contribution < 1.29 is 18.4 Å². The first kappa shape index (κ1) is 22.7. The fourth-order valence-electron chi connectivity index (χ4n) is 3.39. The first-order valence-electron chi connectivity index (χ1n) is 10.4. The number of rotatable bonds is 7. The van der Waals surface area contributed by atoms with Crippen LogP contribution in [0.2, 0.25) is 0 Å². The lowest BCUT2D eigenvalue weighted by molar-refractivity contribution is -0.119. The van der Waals surface area contributed by atoms with E-state index in [1.54, 1.807) is 43.3 Å². The van der Waals surface area contributed by atoms with Gasteiger partial charge in [0.1, 0.15) is 23.5 Å². The Balaban J connectivity index is 1.52. The van der Waals surface area contributed by atoms with Crippen molar-refractivity contribution in [1.29, 1.82) is 0 Å². The maximum Gasteiger partial charge on any atom is 0.255 e. The van der Waals surface area contributed by atoms with Crippen molar-refractivity contribution in [2.24, 2.45) is 0 Å². The smallest absolute Gasteiger partial charge is 0.255 e. The number of hydrogen-bond acceptors (Lipinski definition) is 5. The second-order valence-electron chi connectivity index (χ2n) is 7.55. The Morgan fingerprint density at radius 2 is 1.62 bits per heavy atom. The quantitative estimate of drug-likeness (QED) is 0.433. The van der Waals surface area contributed by atoms with Crippen LogP contribution in [0.1, 0.15) is 27.8 Å². The average molecular weight is 462 g/mol. The lowest BCUT2D eigenvalue weighted by Crippen LogP contribution is -2.29. The summed E-state index contributed by atoms with van der Waals surface area (Å²) >= 11 is 0. The highest BCUT2D eigenvalue weighted by Gasteiger charge is 2.24. The molecule has 34 heavy (non-hydrogen) atoms. The number of nitrogens with one attached hydrogen (secondary N) is 2. The van der Waals surface area contributed by atoms with E-state index in [4.69, 9.17) is 0 Å². The molecule has 1 unspecified atom stereocenters. The normalized spacial score (nSPS) is 11.6. The Labute approximate surface area is 193 Å². The zero-order chi connectivity index (χ0) is 24.1. The molecule has 1 atom stereocenters. The molecular weight excluding hydrogens is 442 g/mol. The Kier molecular flexibility index (Phi) is 6.67. The number of carbonyl (C=O) groups is 2. The van der Waals surface area contributed by atoms with Gasteiger partial charge >= 0.3 is 0 Å². The fourth-order valence-corrected chi connectivity index (χ4v) is 3.39. The van der Waals surface area contributed by atoms with Crippen molar-refractivity contribution in [2.45, 2.75) is 19.4 Å². The van der Waals surface area contributed by atoms with E-state index in [1.807, 2.05) is 0 Å². The zero-order valence-corrected chi connectivity index (χ0v) is 18.1. The van der Waals surface area contributed by atoms with Crippen LogP contribution >= 0.6 is 0 Å². The first-order valence-corrected chi connectivity index (χ1v) is 10.4. The second kappa shape index (κ2) is 9.99. The van der Waals surface area contributed by atoms with Gasteiger partial charge in [-0.3, -0.25) is 9.59 Å². The fraction of sp³-hybridized carbons (Fsp3) is 0.125. The summed E-state index contributed by atoms with van der Waals surface area (Å²) in [4.78, 5) is 25.8. The van der Waals surface area contributed by atoms with Crippen molar-refractivity contribution in [2.75, 3.05) is 10.6 Å². The van der Waals surface area contributed by atoms with Gasteiger partial charge in [-0.2, -0.15) is 0 Å². The lowest BCUT2D eigenvalue weighted by atomic mass is 10.0. The number of hydrogen-bond donors (Lipinski definition) is 2. The van der Waals surface area contributed by atoms with Gasteiger partial charge in [-0.05, 0) is 71.4 Å². The van der Waals surface area contributed by atoms with Crippen LogP contribution < -0.4 is 10.6 Å². The second-order valence-corrected chi connectivity index (χ2v) is 7.55. The summed E-state index contributed by atoms with van der Waals surface area (Å²) in [5, 5.41) is 16.8. The Morgan fingerprint density at radius 3 is 2.29 bits per heavy atom. The highest BCUT2D eigenvalue weighted by Crippen LogP contribution is 2.20. The number of nitrogens with zero attached hydrogens (tertiary/aromatic N) is 4. The van der Waals surface area contributed by atoms with Crippen LogP contribution in [-0.2, 0) is 11.2 Å². The summed E-state index contributed by atoms with van der Waals surface area (Å²) in [6.07, 6.45) is 0.220. The third-order valence-electron chi connectivity index (χ3n) is 5.07. The molecule has 0 aliphatic carbocycles. The molecule has 0 radical (unpaired) electrons. The van der Waals surface area contributed by atoms with Crippen LogP contribution in [0, 0.1) is 18.6 Å². The standard InChI is InChI=1S/C24H20F2N6O2/c1-15-29-30-31-32(15)22(12-16-8-10-18(25)11-9-16)24(34)28-20-6-2-4-17(13-20)23(33)27-21-7-3-5-19(26)14-21/h2-11,13-14,22H,12H2,1H3,(H,27,33)(H,28,34). The number of aromatic nitrogens is 4. The number of carbonyl (C=O) groups excluding carboxylic acids is 2. The van der Waals surface area contributed by atoms with E-state index in [1.165, 1.54) is 41.1 Å². The van der Waals surface area contributed by atoms with Gasteiger partial charge in [-0.25, -0.2) is 13.5 Å². The molecule has 3 aromatic carbocycles. The average Bonchev–Trinajstić information content (AvgIpc) is 3.24. The van der Waals surface area contributed by atoms with Gasteiger partial charge in [-0.1, -0.05) is 24.3 Å². The van der Waals surface area contributed by atoms with Crippen LogP contribution in [0.5, 0.6) is 0 Å². The summed E-state index contributed by atoms with van der Waals surface area (Å²) < 4.78 is 28.1. The van der Waals surface area contributed by atoms with Gasteiger partial charge in [0.15, 0.2) is 0 Å². The molecule has 172 valence electrons. The summed E-state index contributed by atoms with van der Waals surface area (Å²) in [5.41, 5.74) is 1.69. The lowest BCUT2D eigenvalue weighted by Gasteiger charge is -2.18. The Morgan fingerprint density at radius 1 is 0.912 bits per heavy atom. The summed E-state index contributed by atoms with van der Waals surface area (Å²) in [7, 11) is 0. The van der Waals surface area contributed by atoms with Gasteiger partial charge in [0.25, 0.3) is 5.91 Å². The molecule has 4 rings (SSSR count). The molecule has 10 heteroatoms. The van der Waals surface area contributed by atoms with Crippen molar-refractivity contribution in [1.82, 2.24) is 20.2 Å². The zero-order valence-electron chi connectivity index (χ0n) is 18.1. The third-order valence-corrected chi connectivity index (χ3v) is 5.07. The molecular formula is C24H20F2N6O2. The molecule has 0 saturated heterocycles. The number of amides is 2. The third kappa shape index (κ3) is 5.47. The van der Waals surface area contributed by atoms with Gasteiger partial charge in [0.05, 0.1) is 0 Å². The molecule has 0 fully saturated rings. The van der Waals surface area contributed by atoms with Crippen LogP contribution in [0.3, 0.4) is 0 Å². The maximum atomic E-state index is 13.4. The van der Waals surface area contributed by atoms with Crippen molar-refractivity contribution in [3.05, 3.63) is 101 Å². The van der Waals surface area contributed by atoms with Gasteiger partial charge in [0, 0.05) is 23.4 Å². The first-order chi connectivity index (χ1) is 16.4. The minimum atomic E-state index is -0.815. The van der Waals surface area contributed by atoms with Crippen LogP contribution in [0.15, 0.2) is 72.8 Å².